The van der Waals surface area contributed by atoms with Crippen LogP contribution in [0.3, 0.4) is 0 Å². The van der Waals surface area contributed by atoms with E-state index in [2.05, 4.69) is 60.0 Å². The predicted octanol–water partition coefficient (Wildman–Crippen LogP) is 6.10. The van der Waals surface area contributed by atoms with Gasteiger partial charge in [0.15, 0.2) is 0 Å². The van der Waals surface area contributed by atoms with Crippen LogP contribution in [0.1, 0.15) is 76.0 Å². The highest BCUT2D eigenvalue weighted by molar-refractivity contribution is 5.64. The average molecular weight is 487 g/mol. The number of rotatable bonds is 3. The van der Waals surface area contributed by atoms with Crippen molar-refractivity contribution < 1.29 is 8.78 Å². The summed E-state index contributed by atoms with van der Waals surface area (Å²) in [7, 11) is 0. The molecule has 0 amide bonds. The van der Waals surface area contributed by atoms with Gasteiger partial charge >= 0.3 is 0 Å². The number of aromatic amines is 1. The summed E-state index contributed by atoms with van der Waals surface area (Å²) in [6.07, 6.45) is 5.32. The fourth-order valence-electron chi connectivity index (χ4n) is 6.29. The van der Waals surface area contributed by atoms with E-state index in [0.717, 1.165) is 41.2 Å². The molecule has 1 fully saturated rings. The van der Waals surface area contributed by atoms with E-state index in [1.807, 2.05) is 18.3 Å². The van der Waals surface area contributed by atoms with Gasteiger partial charge in [-0.25, -0.2) is 13.8 Å². The molecule has 2 aliphatic rings. The third-order valence-corrected chi connectivity index (χ3v) is 8.32. The number of aromatic nitrogens is 6. The zero-order valence-electron chi connectivity index (χ0n) is 21.0. The summed E-state index contributed by atoms with van der Waals surface area (Å²) >= 11 is 0. The van der Waals surface area contributed by atoms with Crippen molar-refractivity contribution in [1.82, 2.24) is 30.4 Å². The van der Waals surface area contributed by atoms with Gasteiger partial charge in [-0.05, 0) is 54.0 Å². The van der Waals surface area contributed by atoms with Gasteiger partial charge in [-0.3, -0.25) is 10.1 Å². The SMILES string of the molecule is CC(C)(C)c1cc(-c2cncc([C@@]34CC[C@@H](c5cc(-c6c(F)cccc6F)nnc53)C4(C)C)n2)n[nH]1. The van der Waals surface area contributed by atoms with Gasteiger partial charge in [0.05, 0.1) is 34.3 Å². The van der Waals surface area contributed by atoms with E-state index in [1.54, 1.807) is 6.20 Å². The summed E-state index contributed by atoms with van der Waals surface area (Å²) in [5.41, 5.74) is 4.38. The largest absolute Gasteiger partial charge is 0.281 e. The highest BCUT2D eigenvalue weighted by atomic mass is 19.1. The van der Waals surface area contributed by atoms with Crippen LogP contribution in [0.25, 0.3) is 22.6 Å². The van der Waals surface area contributed by atoms with E-state index in [4.69, 9.17) is 4.98 Å². The van der Waals surface area contributed by atoms with Crippen LogP contribution >= 0.6 is 0 Å². The third-order valence-electron chi connectivity index (χ3n) is 8.32. The molecular weight excluding hydrogens is 458 g/mol. The van der Waals surface area contributed by atoms with E-state index in [9.17, 15) is 8.78 Å². The van der Waals surface area contributed by atoms with Gasteiger partial charge in [-0.15, -0.1) is 5.10 Å². The summed E-state index contributed by atoms with van der Waals surface area (Å²) in [6, 6.07) is 7.67. The van der Waals surface area contributed by atoms with Crippen molar-refractivity contribution in [2.75, 3.05) is 0 Å². The zero-order valence-corrected chi connectivity index (χ0v) is 21.0. The van der Waals surface area contributed by atoms with E-state index >= 15 is 0 Å². The van der Waals surface area contributed by atoms with Crippen LogP contribution in [-0.2, 0) is 10.8 Å². The van der Waals surface area contributed by atoms with Crippen molar-refractivity contribution in [2.45, 2.75) is 64.2 Å². The molecule has 0 saturated heterocycles. The molecule has 0 unspecified atom stereocenters. The molecule has 6 nitrogen and oxygen atoms in total. The molecule has 36 heavy (non-hydrogen) atoms. The van der Waals surface area contributed by atoms with Crippen LogP contribution in [0.5, 0.6) is 0 Å². The minimum absolute atomic E-state index is 0.0645. The Morgan fingerprint density at radius 2 is 1.72 bits per heavy atom. The van der Waals surface area contributed by atoms with E-state index in [0.29, 0.717) is 5.69 Å². The first-order valence-corrected chi connectivity index (χ1v) is 12.3. The van der Waals surface area contributed by atoms with Gasteiger partial charge in [-0.2, -0.15) is 10.2 Å². The lowest BCUT2D eigenvalue weighted by molar-refractivity contribution is 0.242. The number of benzene rings is 1. The van der Waals surface area contributed by atoms with Crippen molar-refractivity contribution in [3.05, 3.63) is 77.0 Å². The Morgan fingerprint density at radius 3 is 2.42 bits per heavy atom. The standard InChI is InChI=1S/C28H28F2N6/c1-26(2,3)22-12-19(33-35-22)21-13-31-14-23(32-21)28-10-9-16(27(28,4)5)15-11-20(34-36-25(15)28)24-17(29)7-6-8-18(24)30/h6-8,11-14,16H,9-10H2,1-5H3,(H,33,35)/t16-,28-/m0/s1. The first kappa shape index (κ1) is 22.9. The lowest BCUT2D eigenvalue weighted by Crippen LogP contribution is -2.38. The first-order valence-electron chi connectivity index (χ1n) is 12.3. The number of hydrogen-bond donors (Lipinski definition) is 1. The van der Waals surface area contributed by atoms with Crippen molar-refractivity contribution in [1.29, 1.82) is 0 Å². The van der Waals surface area contributed by atoms with E-state index in [-0.39, 0.29) is 28.0 Å². The van der Waals surface area contributed by atoms with Crippen molar-refractivity contribution in [3.63, 3.8) is 0 Å². The van der Waals surface area contributed by atoms with Crippen LogP contribution < -0.4 is 0 Å². The number of H-pyrrole nitrogens is 1. The van der Waals surface area contributed by atoms with Gasteiger partial charge in [-0.1, -0.05) is 40.7 Å². The lowest BCUT2D eigenvalue weighted by Gasteiger charge is -2.37. The van der Waals surface area contributed by atoms with Crippen molar-refractivity contribution in [2.24, 2.45) is 5.41 Å². The fraction of sp³-hybridized carbons (Fsp3) is 0.393. The lowest BCUT2D eigenvalue weighted by atomic mass is 9.66. The highest BCUT2D eigenvalue weighted by Crippen LogP contribution is 2.69. The topological polar surface area (TPSA) is 80.2 Å². The molecule has 2 atom stereocenters. The number of halogens is 2. The number of nitrogens with zero attached hydrogens (tertiary/aromatic N) is 5. The summed E-state index contributed by atoms with van der Waals surface area (Å²) in [5.74, 6) is -1.12. The van der Waals surface area contributed by atoms with Gasteiger partial charge in [0.2, 0.25) is 0 Å². The summed E-state index contributed by atoms with van der Waals surface area (Å²) in [4.78, 5) is 9.61. The Labute approximate surface area is 208 Å². The number of nitrogens with one attached hydrogen (secondary N) is 1. The Hall–Kier alpha value is -3.55. The second-order valence-electron chi connectivity index (χ2n) is 11.6. The monoisotopic (exact) mass is 486 g/mol. The maximum absolute atomic E-state index is 14.5. The molecule has 3 aromatic heterocycles. The number of fused-ring (bicyclic) bond motifs is 5. The third kappa shape index (κ3) is 3.02. The van der Waals surface area contributed by atoms with Gasteiger partial charge in [0, 0.05) is 17.3 Å². The smallest absolute Gasteiger partial charge is 0.135 e. The van der Waals surface area contributed by atoms with Gasteiger partial charge in [0.1, 0.15) is 23.0 Å². The van der Waals surface area contributed by atoms with Crippen LogP contribution in [-0.4, -0.2) is 30.4 Å². The molecule has 1 N–H and O–H groups in total. The molecular formula is C28H28F2N6. The predicted molar refractivity (Wildman–Crippen MR) is 132 cm³/mol. The molecule has 1 aromatic carbocycles. The minimum atomic E-state index is -0.645. The molecule has 3 heterocycles. The molecule has 8 heteroatoms. The van der Waals surface area contributed by atoms with Crippen LogP contribution in [0.4, 0.5) is 8.78 Å². The van der Waals surface area contributed by atoms with Crippen molar-refractivity contribution >= 4 is 0 Å². The molecule has 184 valence electrons. The fourth-order valence-corrected chi connectivity index (χ4v) is 6.29. The van der Waals surface area contributed by atoms with Gasteiger partial charge in [0.25, 0.3) is 0 Å². The Morgan fingerprint density at radius 1 is 0.972 bits per heavy atom. The zero-order chi connectivity index (χ0) is 25.5. The molecule has 0 spiro atoms. The molecule has 2 aliphatic carbocycles. The second kappa shape index (κ2) is 7.48. The van der Waals surface area contributed by atoms with E-state index < -0.39 is 17.0 Å². The summed E-state index contributed by atoms with van der Waals surface area (Å²) in [5, 5.41) is 16.5. The van der Waals surface area contributed by atoms with Crippen molar-refractivity contribution in [3.8, 4) is 22.6 Å². The van der Waals surface area contributed by atoms with E-state index in [1.165, 1.54) is 18.2 Å². The van der Waals surface area contributed by atoms with Crippen LogP contribution in [0, 0.1) is 17.0 Å². The minimum Gasteiger partial charge on any atom is -0.281 e. The second-order valence-corrected chi connectivity index (χ2v) is 11.6. The summed E-state index contributed by atoms with van der Waals surface area (Å²) in [6.45, 7) is 10.8. The van der Waals surface area contributed by atoms with Gasteiger partial charge < -0.3 is 0 Å². The van der Waals surface area contributed by atoms with Crippen LogP contribution in [0.2, 0.25) is 0 Å². The number of hydrogen-bond acceptors (Lipinski definition) is 5. The molecule has 2 bridgehead atoms. The quantitative estimate of drug-likeness (QED) is 0.378. The molecule has 1 saturated carbocycles. The maximum Gasteiger partial charge on any atom is 0.135 e. The Bertz CT molecular complexity index is 1480. The molecule has 0 radical (unpaired) electrons. The highest BCUT2D eigenvalue weighted by Gasteiger charge is 2.65. The molecule has 0 aliphatic heterocycles. The normalized spacial score (nSPS) is 22.1. The maximum atomic E-state index is 14.5. The first-order chi connectivity index (χ1) is 17.0. The Kier molecular flexibility index (Phi) is 4.75. The summed E-state index contributed by atoms with van der Waals surface area (Å²) < 4.78 is 29.0. The molecule has 4 aromatic rings. The molecule has 6 rings (SSSR count). The average Bonchev–Trinajstić information content (AvgIpc) is 3.48. The van der Waals surface area contributed by atoms with Crippen LogP contribution in [0.15, 0.2) is 42.7 Å². The Balaban J connectivity index is 1.48.